The second kappa shape index (κ2) is 8.23. The zero-order valence-corrected chi connectivity index (χ0v) is 16.0. The standard InChI is InChI=1S/C19H27N5O2/c1-5-23-8-10-24(11-9-23)19-20-14(2)12-18(22-19)21-16-7-6-15(25-3)13-17(16)26-4/h6-7,12-13H,5,8-11H2,1-4H3,(H,20,21,22). The van der Waals surface area contributed by atoms with Crippen LogP contribution in [0.3, 0.4) is 0 Å². The lowest BCUT2D eigenvalue weighted by Crippen LogP contribution is -2.46. The van der Waals surface area contributed by atoms with Gasteiger partial charge in [0.25, 0.3) is 0 Å². The molecule has 0 radical (unpaired) electrons. The number of nitrogens with one attached hydrogen (secondary N) is 1. The number of likely N-dealkylation sites (N-methyl/N-ethyl adjacent to an activating group) is 1. The van der Waals surface area contributed by atoms with Gasteiger partial charge in [-0.05, 0) is 25.6 Å². The summed E-state index contributed by atoms with van der Waals surface area (Å²) in [6.07, 6.45) is 0. The molecule has 0 spiro atoms. The summed E-state index contributed by atoms with van der Waals surface area (Å²) < 4.78 is 10.7. The summed E-state index contributed by atoms with van der Waals surface area (Å²) in [5, 5.41) is 3.35. The second-order valence-corrected chi connectivity index (χ2v) is 6.31. The Morgan fingerprint density at radius 2 is 1.81 bits per heavy atom. The number of anilines is 3. The van der Waals surface area contributed by atoms with Crippen molar-refractivity contribution in [2.75, 3.05) is 57.2 Å². The molecular formula is C19H27N5O2. The minimum atomic E-state index is 0.707. The smallest absolute Gasteiger partial charge is 0.227 e. The van der Waals surface area contributed by atoms with Gasteiger partial charge in [-0.2, -0.15) is 4.98 Å². The fraction of sp³-hybridized carbons (Fsp3) is 0.474. The molecule has 1 aliphatic rings. The van der Waals surface area contributed by atoms with Crippen molar-refractivity contribution in [2.24, 2.45) is 0 Å². The summed E-state index contributed by atoms with van der Waals surface area (Å²) >= 11 is 0. The van der Waals surface area contributed by atoms with Crippen LogP contribution in [0.1, 0.15) is 12.6 Å². The van der Waals surface area contributed by atoms with Gasteiger partial charge in [0.05, 0.1) is 19.9 Å². The van der Waals surface area contributed by atoms with E-state index >= 15 is 0 Å². The van der Waals surface area contributed by atoms with Crippen LogP contribution in [0.15, 0.2) is 24.3 Å². The topological polar surface area (TPSA) is 62.8 Å². The first-order valence-corrected chi connectivity index (χ1v) is 8.95. The van der Waals surface area contributed by atoms with E-state index in [9.17, 15) is 0 Å². The molecule has 3 rings (SSSR count). The van der Waals surface area contributed by atoms with Crippen LogP contribution in [0.25, 0.3) is 0 Å². The zero-order valence-electron chi connectivity index (χ0n) is 16.0. The highest BCUT2D eigenvalue weighted by Gasteiger charge is 2.19. The molecule has 1 aromatic heterocycles. The molecule has 7 heteroatoms. The number of benzene rings is 1. The Morgan fingerprint density at radius 1 is 1.04 bits per heavy atom. The van der Waals surface area contributed by atoms with Crippen LogP contribution in [0.4, 0.5) is 17.5 Å². The van der Waals surface area contributed by atoms with Gasteiger partial charge in [-0.1, -0.05) is 6.92 Å². The van der Waals surface area contributed by atoms with Crippen molar-refractivity contribution in [2.45, 2.75) is 13.8 Å². The monoisotopic (exact) mass is 357 g/mol. The molecule has 0 aliphatic carbocycles. The molecule has 0 unspecified atom stereocenters. The first-order chi connectivity index (χ1) is 12.6. The number of rotatable bonds is 6. The molecule has 0 bridgehead atoms. The maximum Gasteiger partial charge on any atom is 0.227 e. The molecule has 26 heavy (non-hydrogen) atoms. The third kappa shape index (κ3) is 4.16. The largest absolute Gasteiger partial charge is 0.497 e. The van der Waals surface area contributed by atoms with Crippen LogP contribution in [0, 0.1) is 6.92 Å². The fourth-order valence-corrected chi connectivity index (χ4v) is 3.06. The molecule has 0 atom stereocenters. The van der Waals surface area contributed by atoms with E-state index in [4.69, 9.17) is 14.5 Å². The summed E-state index contributed by atoms with van der Waals surface area (Å²) in [7, 11) is 3.28. The second-order valence-electron chi connectivity index (χ2n) is 6.31. The van der Waals surface area contributed by atoms with Gasteiger partial charge in [-0.15, -0.1) is 0 Å². The summed E-state index contributed by atoms with van der Waals surface area (Å²) in [5.74, 6) is 2.99. The average molecular weight is 357 g/mol. The molecular weight excluding hydrogens is 330 g/mol. The van der Waals surface area contributed by atoms with Crippen molar-refractivity contribution in [3.8, 4) is 11.5 Å². The van der Waals surface area contributed by atoms with E-state index < -0.39 is 0 Å². The first kappa shape index (κ1) is 18.3. The Morgan fingerprint density at radius 3 is 2.46 bits per heavy atom. The van der Waals surface area contributed by atoms with Gasteiger partial charge in [0, 0.05) is 44.0 Å². The highest BCUT2D eigenvalue weighted by atomic mass is 16.5. The zero-order chi connectivity index (χ0) is 18.5. The molecule has 1 aromatic carbocycles. The third-order valence-electron chi connectivity index (χ3n) is 4.62. The molecule has 1 fully saturated rings. The van der Waals surface area contributed by atoms with Crippen molar-refractivity contribution in [1.29, 1.82) is 0 Å². The van der Waals surface area contributed by atoms with Crippen LogP contribution in [0.2, 0.25) is 0 Å². The van der Waals surface area contributed by atoms with Crippen molar-refractivity contribution in [1.82, 2.24) is 14.9 Å². The highest BCUT2D eigenvalue weighted by Crippen LogP contribution is 2.31. The van der Waals surface area contributed by atoms with Gasteiger partial charge in [0.2, 0.25) is 5.95 Å². The number of aryl methyl sites for hydroxylation is 1. The van der Waals surface area contributed by atoms with Crippen molar-refractivity contribution < 1.29 is 9.47 Å². The van der Waals surface area contributed by atoms with Crippen molar-refractivity contribution >= 4 is 17.5 Å². The minimum absolute atomic E-state index is 0.707. The van der Waals surface area contributed by atoms with Crippen LogP contribution in [0.5, 0.6) is 11.5 Å². The Hall–Kier alpha value is -2.54. The summed E-state index contributed by atoms with van der Waals surface area (Å²) in [4.78, 5) is 14.0. The van der Waals surface area contributed by atoms with Gasteiger partial charge < -0.3 is 24.6 Å². The van der Waals surface area contributed by atoms with E-state index in [1.807, 2.05) is 31.2 Å². The number of piperazine rings is 1. The molecule has 7 nitrogen and oxygen atoms in total. The van der Waals surface area contributed by atoms with Gasteiger partial charge in [0.1, 0.15) is 17.3 Å². The highest BCUT2D eigenvalue weighted by molar-refractivity contribution is 5.66. The molecule has 1 saturated heterocycles. The van der Waals surface area contributed by atoms with Crippen LogP contribution >= 0.6 is 0 Å². The first-order valence-electron chi connectivity index (χ1n) is 8.95. The number of aromatic nitrogens is 2. The van der Waals surface area contributed by atoms with Crippen LogP contribution in [-0.4, -0.2) is 61.8 Å². The van der Waals surface area contributed by atoms with Crippen molar-refractivity contribution in [3.05, 3.63) is 30.0 Å². The number of hydrogen-bond donors (Lipinski definition) is 1. The Kier molecular flexibility index (Phi) is 5.78. The van der Waals surface area contributed by atoms with Crippen LogP contribution < -0.4 is 19.7 Å². The number of hydrogen-bond acceptors (Lipinski definition) is 7. The van der Waals surface area contributed by atoms with Gasteiger partial charge in [0.15, 0.2) is 0 Å². The minimum Gasteiger partial charge on any atom is -0.497 e. The number of ether oxygens (including phenoxy) is 2. The van der Waals surface area contributed by atoms with E-state index in [1.165, 1.54) is 0 Å². The third-order valence-corrected chi connectivity index (χ3v) is 4.62. The van der Waals surface area contributed by atoms with E-state index in [0.717, 1.165) is 61.6 Å². The summed E-state index contributed by atoms with van der Waals surface area (Å²) in [6.45, 7) is 9.26. The van der Waals surface area contributed by atoms with Gasteiger partial charge in [-0.25, -0.2) is 4.98 Å². The van der Waals surface area contributed by atoms with Crippen molar-refractivity contribution in [3.63, 3.8) is 0 Å². The molecule has 1 aliphatic heterocycles. The molecule has 1 N–H and O–H groups in total. The predicted octanol–water partition coefficient (Wildman–Crippen LogP) is 2.69. The van der Waals surface area contributed by atoms with E-state index in [-0.39, 0.29) is 0 Å². The molecule has 0 amide bonds. The molecule has 0 saturated carbocycles. The lowest BCUT2D eigenvalue weighted by atomic mass is 10.2. The Balaban J connectivity index is 1.80. The maximum atomic E-state index is 5.46. The lowest BCUT2D eigenvalue weighted by Gasteiger charge is -2.34. The maximum absolute atomic E-state index is 5.46. The van der Waals surface area contributed by atoms with E-state index in [1.54, 1.807) is 14.2 Å². The molecule has 2 aromatic rings. The normalized spacial score (nSPS) is 15.0. The van der Waals surface area contributed by atoms with E-state index in [0.29, 0.717) is 5.75 Å². The summed E-state index contributed by atoms with van der Waals surface area (Å²) in [6, 6.07) is 7.61. The summed E-state index contributed by atoms with van der Waals surface area (Å²) in [5.41, 5.74) is 1.77. The fourth-order valence-electron chi connectivity index (χ4n) is 3.06. The van der Waals surface area contributed by atoms with Gasteiger partial charge >= 0.3 is 0 Å². The van der Waals surface area contributed by atoms with Gasteiger partial charge in [-0.3, -0.25) is 0 Å². The number of methoxy groups -OCH3 is 2. The van der Waals surface area contributed by atoms with Crippen LogP contribution in [-0.2, 0) is 0 Å². The Labute approximate surface area is 155 Å². The average Bonchev–Trinajstić information content (AvgIpc) is 2.68. The molecule has 2 heterocycles. The SMILES string of the molecule is CCN1CCN(c2nc(C)cc(Nc3ccc(OC)cc3OC)n2)CC1. The number of nitrogens with zero attached hydrogens (tertiary/aromatic N) is 4. The molecule has 140 valence electrons. The Bertz CT molecular complexity index is 745. The quantitative estimate of drug-likeness (QED) is 0.853. The lowest BCUT2D eigenvalue weighted by molar-refractivity contribution is 0.270. The van der Waals surface area contributed by atoms with E-state index in [2.05, 4.69) is 27.0 Å². The predicted molar refractivity (Wildman–Crippen MR) is 104 cm³/mol.